The third kappa shape index (κ3) is 3.84. The molecule has 0 fully saturated rings. The van der Waals surface area contributed by atoms with Gasteiger partial charge in [-0.3, -0.25) is 0 Å². The van der Waals surface area contributed by atoms with Crippen LogP contribution >= 0.6 is 12.2 Å². The Morgan fingerprint density at radius 2 is 1.84 bits per heavy atom. The summed E-state index contributed by atoms with van der Waals surface area (Å²) in [4.78, 5) is 13.1. The van der Waals surface area contributed by atoms with E-state index in [-0.39, 0.29) is 11.8 Å². The van der Waals surface area contributed by atoms with Gasteiger partial charge in [0.15, 0.2) is 10.7 Å². The van der Waals surface area contributed by atoms with Crippen LogP contribution in [0, 0.1) is 6.92 Å². The third-order valence-corrected chi connectivity index (χ3v) is 6.97. The summed E-state index contributed by atoms with van der Waals surface area (Å²) in [6, 6.07) is 16.2. The molecule has 3 heterocycles. The number of rotatable bonds is 4. The number of aryl methyl sites for hydroxylation is 1. The van der Waals surface area contributed by atoms with E-state index in [1.165, 1.54) is 6.07 Å². The first kappa shape index (κ1) is 23.9. The normalized spacial score (nSPS) is 16.9. The van der Waals surface area contributed by atoms with E-state index in [2.05, 4.69) is 20.9 Å². The van der Waals surface area contributed by atoms with Crippen LogP contribution in [0.15, 0.2) is 60.8 Å². The van der Waals surface area contributed by atoms with Gasteiger partial charge >= 0.3 is 5.97 Å². The molecule has 1 unspecified atom stereocenters. The van der Waals surface area contributed by atoms with Crippen molar-refractivity contribution < 1.29 is 19.4 Å². The highest BCUT2D eigenvalue weighted by atomic mass is 32.1. The Labute approximate surface area is 224 Å². The molecule has 3 N–H and O–H groups in total. The number of hydrogen-bond donors (Lipinski definition) is 3. The van der Waals surface area contributed by atoms with Crippen LogP contribution in [0.2, 0.25) is 0 Å². The average molecular weight is 528 g/mol. The Morgan fingerprint density at radius 1 is 1.08 bits per heavy atom. The second kappa shape index (κ2) is 8.84. The van der Waals surface area contributed by atoms with Gasteiger partial charge in [-0.25, -0.2) is 9.48 Å². The molecular weight excluding hydrogens is 502 g/mol. The summed E-state index contributed by atoms with van der Waals surface area (Å²) < 4.78 is 14.1. The zero-order valence-electron chi connectivity index (χ0n) is 21.0. The van der Waals surface area contributed by atoms with Crippen molar-refractivity contribution in [2.24, 2.45) is 0 Å². The molecule has 2 aliphatic heterocycles. The molecule has 38 heavy (non-hydrogen) atoms. The van der Waals surface area contributed by atoms with Gasteiger partial charge in [-0.15, -0.1) is 5.10 Å². The number of carbonyl (C=O) groups is 1. The Morgan fingerprint density at radius 3 is 2.61 bits per heavy atom. The zero-order chi connectivity index (χ0) is 26.6. The number of thiocarbonyl (C=S) groups is 1. The van der Waals surface area contributed by atoms with E-state index in [1.807, 2.05) is 51.2 Å². The minimum atomic E-state index is -1.24. The summed E-state index contributed by atoms with van der Waals surface area (Å²) in [5, 5.41) is 25.2. The van der Waals surface area contributed by atoms with Gasteiger partial charge in [0.1, 0.15) is 22.9 Å². The van der Waals surface area contributed by atoms with Crippen LogP contribution in [0.3, 0.4) is 0 Å². The fraction of sp³-hybridized carbons (Fsp3) is 0.214. The first-order valence-corrected chi connectivity index (χ1v) is 12.6. The molecule has 1 atom stereocenters. The quantitative estimate of drug-likeness (QED) is 0.251. The number of phenols is 1. The van der Waals surface area contributed by atoms with E-state index in [4.69, 9.17) is 21.7 Å². The van der Waals surface area contributed by atoms with Gasteiger partial charge in [-0.1, -0.05) is 17.3 Å². The van der Waals surface area contributed by atoms with Gasteiger partial charge in [0.2, 0.25) is 0 Å². The lowest BCUT2D eigenvalue weighted by atomic mass is 9.77. The van der Waals surface area contributed by atoms with E-state index < -0.39 is 11.6 Å². The maximum absolute atomic E-state index is 13.1. The smallest absolute Gasteiger partial charge is 0.340 e. The molecule has 9 nitrogen and oxygen atoms in total. The Bertz CT molecular complexity index is 1560. The Hall–Kier alpha value is -4.44. The number of nitrogens with zero attached hydrogens (tertiary/aromatic N) is 3. The summed E-state index contributed by atoms with van der Waals surface area (Å²) in [6.45, 7) is 6.44. The number of ether oxygens (including phenoxy) is 2. The SMILES string of the molecule is Cc1ccc2c(c1)Oc1cc(O)ccc1C21OC(=O)c2ccc(NC(=S)NCc3cn(C(C)C)nn3)cc21. The Kier molecular flexibility index (Phi) is 5.57. The highest BCUT2D eigenvalue weighted by molar-refractivity contribution is 7.80. The van der Waals surface area contributed by atoms with Crippen molar-refractivity contribution in [3.63, 3.8) is 0 Å². The van der Waals surface area contributed by atoms with Crippen molar-refractivity contribution in [3.05, 3.63) is 94.3 Å². The number of benzene rings is 3. The van der Waals surface area contributed by atoms with Gasteiger partial charge in [0.05, 0.1) is 18.3 Å². The van der Waals surface area contributed by atoms with Crippen LogP contribution in [0.25, 0.3) is 0 Å². The standard InChI is InChI=1S/C28H25N5O4S/c1-15(2)33-14-18(31-32-33)13-29-27(38)30-17-5-7-20-23(11-17)28(37-26(20)35)21-8-4-16(3)10-24(21)36-25-12-19(34)6-9-22(25)28/h4-12,14-15,34H,13H2,1-3H3,(H2,29,30,38). The van der Waals surface area contributed by atoms with E-state index in [9.17, 15) is 9.90 Å². The van der Waals surface area contributed by atoms with Gasteiger partial charge < -0.3 is 25.2 Å². The lowest BCUT2D eigenvalue weighted by Gasteiger charge is -2.36. The number of hydrogen-bond acceptors (Lipinski definition) is 7. The molecule has 3 aromatic carbocycles. The minimum Gasteiger partial charge on any atom is -0.508 e. The van der Waals surface area contributed by atoms with E-state index in [0.717, 1.165) is 11.3 Å². The molecule has 0 saturated carbocycles. The van der Waals surface area contributed by atoms with Gasteiger partial charge in [-0.2, -0.15) is 0 Å². The van der Waals surface area contributed by atoms with Crippen LogP contribution in [-0.2, 0) is 16.9 Å². The van der Waals surface area contributed by atoms with Crippen molar-refractivity contribution in [2.75, 3.05) is 5.32 Å². The molecule has 10 heteroatoms. The summed E-state index contributed by atoms with van der Waals surface area (Å²) >= 11 is 5.52. The van der Waals surface area contributed by atoms with Crippen LogP contribution in [-0.4, -0.2) is 31.2 Å². The summed E-state index contributed by atoms with van der Waals surface area (Å²) in [7, 11) is 0. The molecule has 6 rings (SSSR count). The maximum Gasteiger partial charge on any atom is 0.340 e. The number of esters is 1. The highest BCUT2D eigenvalue weighted by Gasteiger charge is 2.53. The predicted octanol–water partition coefficient (Wildman–Crippen LogP) is 4.93. The maximum atomic E-state index is 13.1. The fourth-order valence-corrected chi connectivity index (χ4v) is 5.08. The number of phenolic OH excluding ortho intramolecular Hbond substituents is 1. The molecule has 2 aliphatic rings. The van der Waals surface area contributed by atoms with E-state index in [1.54, 1.807) is 28.9 Å². The number of aromatic nitrogens is 3. The van der Waals surface area contributed by atoms with Gasteiger partial charge in [-0.05, 0) is 75.0 Å². The number of carbonyl (C=O) groups excluding carboxylic acids is 1. The van der Waals surface area contributed by atoms with Crippen LogP contribution in [0.1, 0.15) is 58.2 Å². The molecule has 0 aliphatic carbocycles. The van der Waals surface area contributed by atoms with Crippen LogP contribution < -0.4 is 15.4 Å². The number of aromatic hydroxyl groups is 1. The lowest BCUT2D eigenvalue weighted by Crippen LogP contribution is -2.33. The molecular formula is C28H25N5O4S. The third-order valence-electron chi connectivity index (χ3n) is 6.72. The van der Waals surface area contributed by atoms with Gasteiger partial charge in [0.25, 0.3) is 0 Å². The molecule has 1 spiro atoms. The van der Waals surface area contributed by atoms with E-state index in [0.29, 0.717) is 51.1 Å². The monoisotopic (exact) mass is 527 g/mol. The van der Waals surface area contributed by atoms with Crippen LogP contribution in [0.4, 0.5) is 5.69 Å². The number of fused-ring (bicyclic) bond motifs is 6. The molecule has 4 aromatic rings. The first-order chi connectivity index (χ1) is 18.2. The van der Waals surface area contributed by atoms with Crippen molar-refractivity contribution in [1.29, 1.82) is 0 Å². The first-order valence-electron chi connectivity index (χ1n) is 12.2. The zero-order valence-corrected chi connectivity index (χ0v) is 21.8. The van der Waals surface area contributed by atoms with Gasteiger partial charge in [0, 0.05) is 34.5 Å². The summed E-state index contributed by atoms with van der Waals surface area (Å²) in [5.41, 5.74) is 3.66. The predicted molar refractivity (Wildman–Crippen MR) is 145 cm³/mol. The lowest BCUT2D eigenvalue weighted by molar-refractivity contribution is 0.0224. The number of nitrogens with one attached hydrogen (secondary N) is 2. The topological polar surface area (TPSA) is 111 Å². The molecule has 0 bridgehead atoms. The molecule has 0 amide bonds. The largest absolute Gasteiger partial charge is 0.508 e. The second-order valence-electron chi connectivity index (χ2n) is 9.70. The van der Waals surface area contributed by atoms with Crippen LogP contribution in [0.5, 0.6) is 17.2 Å². The second-order valence-corrected chi connectivity index (χ2v) is 10.1. The molecule has 192 valence electrons. The van der Waals surface area contributed by atoms with Crippen molar-refractivity contribution in [3.8, 4) is 17.2 Å². The Balaban J connectivity index is 1.36. The fourth-order valence-electron chi connectivity index (χ4n) is 4.89. The average Bonchev–Trinajstić information content (AvgIpc) is 3.46. The van der Waals surface area contributed by atoms with Crippen molar-refractivity contribution >= 4 is 29.0 Å². The van der Waals surface area contributed by atoms with E-state index >= 15 is 0 Å². The van der Waals surface area contributed by atoms with Crippen molar-refractivity contribution in [2.45, 2.75) is 39.0 Å². The molecule has 1 aromatic heterocycles. The minimum absolute atomic E-state index is 0.0554. The summed E-state index contributed by atoms with van der Waals surface area (Å²) in [5.74, 6) is 0.607. The highest BCUT2D eigenvalue weighted by Crippen LogP contribution is 2.56. The summed E-state index contributed by atoms with van der Waals surface area (Å²) in [6.07, 6.45) is 1.88. The van der Waals surface area contributed by atoms with Crippen molar-refractivity contribution in [1.82, 2.24) is 20.3 Å². The molecule has 0 saturated heterocycles. The number of anilines is 1. The molecule has 0 radical (unpaired) electrons.